The zero-order chi connectivity index (χ0) is 15.0. The lowest BCUT2D eigenvalue weighted by atomic mass is 9.56. The van der Waals surface area contributed by atoms with Crippen molar-refractivity contribution in [3.63, 3.8) is 0 Å². The lowest BCUT2D eigenvalue weighted by molar-refractivity contribution is 0.0843. The number of benzene rings is 1. The molecule has 0 saturated carbocycles. The van der Waals surface area contributed by atoms with Crippen LogP contribution in [0.4, 0.5) is 0 Å². The van der Waals surface area contributed by atoms with Gasteiger partial charge in [0, 0.05) is 17.4 Å². The Bertz CT molecular complexity index is 590. The topological polar surface area (TPSA) is 17.1 Å². The van der Waals surface area contributed by atoms with Crippen molar-refractivity contribution in [2.45, 2.75) is 46.5 Å². The van der Waals surface area contributed by atoms with E-state index in [2.05, 4.69) is 52.0 Å². The van der Waals surface area contributed by atoms with Crippen LogP contribution in [0.1, 0.15) is 57.0 Å². The second-order valence-corrected chi connectivity index (χ2v) is 6.60. The van der Waals surface area contributed by atoms with E-state index in [1.54, 1.807) is 0 Å². The summed E-state index contributed by atoms with van der Waals surface area (Å²) in [5, 5.41) is 0. The Morgan fingerprint density at radius 3 is 2.50 bits per heavy atom. The Labute approximate surface area is 122 Å². The maximum atomic E-state index is 12.3. The van der Waals surface area contributed by atoms with E-state index < -0.39 is 0 Å². The molecule has 1 aromatic carbocycles. The first kappa shape index (κ1) is 14.8. The third-order valence-corrected chi connectivity index (χ3v) is 4.93. The van der Waals surface area contributed by atoms with Gasteiger partial charge >= 0.3 is 0 Å². The first-order valence-corrected chi connectivity index (χ1v) is 7.27. The molecule has 1 aromatic rings. The van der Waals surface area contributed by atoms with E-state index in [1.165, 1.54) is 5.57 Å². The van der Waals surface area contributed by atoms with Crippen molar-refractivity contribution in [3.8, 4) is 0 Å². The summed E-state index contributed by atoms with van der Waals surface area (Å²) in [6.07, 6.45) is 7.15. The molecule has 0 radical (unpaired) electrons. The zero-order valence-electron chi connectivity index (χ0n) is 13.2. The first-order valence-electron chi connectivity index (χ1n) is 7.27. The summed E-state index contributed by atoms with van der Waals surface area (Å²) in [7, 11) is 0. The van der Waals surface area contributed by atoms with Gasteiger partial charge in [-0.05, 0) is 24.8 Å². The summed E-state index contributed by atoms with van der Waals surface area (Å²) >= 11 is 0. The molecule has 0 amide bonds. The van der Waals surface area contributed by atoms with E-state index in [-0.39, 0.29) is 16.6 Å². The summed E-state index contributed by atoms with van der Waals surface area (Å²) < 4.78 is 0. The van der Waals surface area contributed by atoms with Crippen molar-refractivity contribution in [2.24, 2.45) is 5.41 Å². The zero-order valence-corrected chi connectivity index (χ0v) is 13.2. The molecule has 20 heavy (non-hydrogen) atoms. The van der Waals surface area contributed by atoms with E-state index in [0.717, 1.165) is 11.1 Å². The second-order valence-electron chi connectivity index (χ2n) is 6.60. The van der Waals surface area contributed by atoms with Crippen LogP contribution in [0.25, 0.3) is 0 Å². The van der Waals surface area contributed by atoms with E-state index >= 15 is 0 Å². The average molecular weight is 268 g/mol. The Kier molecular flexibility index (Phi) is 3.73. The number of carbonyl (C=O) groups is 1. The van der Waals surface area contributed by atoms with Gasteiger partial charge in [0.15, 0.2) is 5.78 Å². The van der Waals surface area contributed by atoms with Crippen LogP contribution in [0, 0.1) is 5.41 Å². The first-order chi connectivity index (χ1) is 9.32. The molecule has 0 N–H and O–H groups in total. The van der Waals surface area contributed by atoms with Gasteiger partial charge in [-0.15, -0.1) is 0 Å². The molecule has 0 aliphatic heterocycles. The van der Waals surface area contributed by atoms with Crippen LogP contribution in [0.3, 0.4) is 0 Å². The number of Topliss-reactive ketones (excluding diaryl/α,β-unsaturated/α-hetero) is 1. The molecule has 0 spiro atoms. The molecule has 106 valence electrons. The van der Waals surface area contributed by atoms with Gasteiger partial charge in [0.1, 0.15) is 0 Å². The third-order valence-electron chi connectivity index (χ3n) is 4.93. The normalized spacial score (nSPS) is 25.9. The Balaban J connectivity index is 2.62. The van der Waals surface area contributed by atoms with Gasteiger partial charge in [-0.1, -0.05) is 68.8 Å². The fourth-order valence-corrected chi connectivity index (χ4v) is 2.93. The number of fused-ring (bicyclic) bond motifs is 1. The Morgan fingerprint density at radius 1 is 1.20 bits per heavy atom. The Morgan fingerprint density at radius 2 is 1.85 bits per heavy atom. The summed E-state index contributed by atoms with van der Waals surface area (Å²) in [5.74, 6) is 0.263. The maximum absolute atomic E-state index is 12.3. The summed E-state index contributed by atoms with van der Waals surface area (Å²) in [5.41, 5.74) is 3.08. The highest BCUT2D eigenvalue weighted by atomic mass is 16.1. The molecule has 0 aromatic heterocycles. The molecule has 1 heteroatoms. The summed E-state index contributed by atoms with van der Waals surface area (Å²) in [6.45, 7) is 10.8. The highest BCUT2D eigenvalue weighted by molar-refractivity contribution is 6.00. The van der Waals surface area contributed by atoms with Crippen molar-refractivity contribution in [1.29, 1.82) is 0 Å². The van der Waals surface area contributed by atoms with E-state index in [9.17, 15) is 4.79 Å². The predicted octanol–water partition coefficient (Wildman–Crippen LogP) is 5.08. The van der Waals surface area contributed by atoms with Crippen molar-refractivity contribution >= 4 is 5.78 Å². The van der Waals surface area contributed by atoms with Gasteiger partial charge in [-0.2, -0.15) is 0 Å². The van der Waals surface area contributed by atoms with Gasteiger partial charge in [-0.3, -0.25) is 4.79 Å². The number of ketones is 1. The SMILES string of the molecule is C/C=C(C)\C=C\C1(C)c2ccccc2C(=O)CC1(C)C. The maximum Gasteiger partial charge on any atom is 0.163 e. The average Bonchev–Trinajstić information content (AvgIpc) is 2.42. The highest BCUT2D eigenvalue weighted by Gasteiger charge is 2.47. The van der Waals surface area contributed by atoms with Gasteiger partial charge in [0.05, 0.1) is 0 Å². The molecular formula is C19H24O. The fraction of sp³-hybridized carbons (Fsp3) is 0.421. The van der Waals surface area contributed by atoms with E-state index in [4.69, 9.17) is 0 Å². The molecule has 1 atom stereocenters. The van der Waals surface area contributed by atoms with Gasteiger partial charge in [0.25, 0.3) is 0 Å². The standard InChI is InChI=1S/C19H24O/c1-6-14(2)11-12-19(5)16-10-8-7-9-15(16)17(20)13-18(19,3)4/h6-12H,13H2,1-5H3/b12-11+,14-6-. The smallest absolute Gasteiger partial charge is 0.163 e. The lowest BCUT2D eigenvalue weighted by Gasteiger charge is -2.47. The molecule has 1 aliphatic rings. The molecule has 0 bridgehead atoms. The monoisotopic (exact) mass is 268 g/mol. The van der Waals surface area contributed by atoms with Crippen LogP contribution in [-0.4, -0.2) is 5.78 Å². The van der Waals surface area contributed by atoms with Crippen LogP contribution in [-0.2, 0) is 5.41 Å². The van der Waals surface area contributed by atoms with Crippen LogP contribution in [0.2, 0.25) is 0 Å². The minimum Gasteiger partial charge on any atom is -0.294 e. The van der Waals surface area contributed by atoms with Gasteiger partial charge in [0.2, 0.25) is 0 Å². The van der Waals surface area contributed by atoms with Crippen molar-refractivity contribution in [1.82, 2.24) is 0 Å². The molecule has 0 saturated heterocycles. The van der Waals surface area contributed by atoms with Crippen LogP contribution in [0.15, 0.2) is 48.1 Å². The summed E-state index contributed by atoms with van der Waals surface area (Å²) in [6, 6.07) is 8.05. The largest absolute Gasteiger partial charge is 0.294 e. The van der Waals surface area contributed by atoms with E-state index in [1.807, 2.05) is 25.1 Å². The number of carbonyl (C=O) groups excluding carboxylic acids is 1. The van der Waals surface area contributed by atoms with Crippen molar-refractivity contribution in [2.75, 3.05) is 0 Å². The highest BCUT2D eigenvalue weighted by Crippen LogP contribution is 2.50. The molecule has 2 rings (SSSR count). The third kappa shape index (κ3) is 2.26. The van der Waals surface area contributed by atoms with E-state index in [0.29, 0.717) is 6.42 Å². The van der Waals surface area contributed by atoms with Crippen LogP contribution < -0.4 is 0 Å². The molecule has 1 nitrogen and oxygen atoms in total. The van der Waals surface area contributed by atoms with Crippen LogP contribution >= 0.6 is 0 Å². The predicted molar refractivity (Wildman–Crippen MR) is 85.1 cm³/mol. The Hall–Kier alpha value is -1.63. The second kappa shape index (κ2) is 5.05. The van der Waals surface area contributed by atoms with Gasteiger partial charge < -0.3 is 0 Å². The molecule has 0 fully saturated rings. The molecule has 1 unspecified atom stereocenters. The minimum atomic E-state index is -0.123. The quantitative estimate of drug-likeness (QED) is 0.684. The molecule has 1 aliphatic carbocycles. The minimum absolute atomic E-state index is 0.0804. The number of rotatable bonds is 2. The lowest BCUT2D eigenvalue weighted by Crippen LogP contribution is -2.44. The van der Waals surface area contributed by atoms with Crippen molar-refractivity contribution < 1.29 is 4.79 Å². The van der Waals surface area contributed by atoms with Crippen molar-refractivity contribution in [3.05, 3.63) is 59.2 Å². The summed E-state index contributed by atoms with van der Waals surface area (Å²) in [4.78, 5) is 12.3. The number of allylic oxidation sites excluding steroid dienone is 4. The van der Waals surface area contributed by atoms with Crippen LogP contribution in [0.5, 0.6) is 0 Å². The molecular weight excluding hydrogens is 244 g/mol. The number of hydrogen-bond donors (Lipinski definition) is 0. The van der Waals surface area contributed by atoms with Gasteiger partial charge in [-0.25, -0.2) is 0 Å². The molecule has 0 heterocycles. The fourth-order valence-electron chi connectivity index (χ4n) is 2.93. The number of hydrogen-bond acceptors (Lipinski definition) is 1.